The molecule has 0 radical (unpaired) electrons. The summed E-state index contributed by atoms with van der Waals surface area (Å²) in [6.45, 7) is 1.58. The third kappa shape index (κ3) is 4.89. The van der Waals surface area contributed by atoms with Crippen LogP contribution in [0.25, 0.3) is 0 Å². The van der Waals surface area contributed by atoms with Gasteiger partial charge in [0.1, 0.15) is 0 Å². The summed E-state index contributed by atoms with van der Waals surface area (Å²) in [5.74, 6) is 0.201. The normalized spacial score (nSPS) is 17.5. The van der Waals surface area contributed by atoms with Crippen molar-refractivity contribution < 1.29 is 4.79 Å². The summed E-state index contributed by atoms with van der Waals surface area (Å²) in [6.07, 6.45) is 8.35. The molecule has 1 fully saturated rings. The summed E-state index contributed by atoms with van der Waals surface area (Å²) in [7, 11) is 0. The minimum Gasteiger partial charge on any atom is -0.355 e. The van der Waals surface area contributed by atoms with Crippen molar-refractivity contribution in [2.24, 2.45) is 5.73 Å². The van der Waals surface area contributed by atoms with Gasteiger partial charge in [-0.1, -0.05) is 6.42 Å². The van der Waals surface area contributed by atoms with Crippen molar-refractivity contribution in [2.45, 2.75) is 43.3 Å². The molecule has 0 aromatic rings. The third-order valence-electron chi connectivity index (χ3n) is 2.96. The average molecular weight is 230 g/mol. The van der Waals surface area contributed by atoms with Crippen LogP contribution in [0.4, 0.5) is 0 Å². The Morgan fingerprint density at radius 2 is 2.13 bits per heavy atom. The van der Waals surface area contributed by atoms with Crippen molar-refractivity contribution in [3.63, 3.8) is 0 Å². The summed E-state index contributed by atoms with van der Waals surface area (Å²) in [4.78, 5) is 11.4. The Kier molecular flexibility index (Phi) is 5.47. The average Bonchev–Trinajstić information content (AvgIpc) is 3.02. The molecule has 0 aromatic heterocycles. The summed E-state index contributed by atoms with van der Waals surface area (Å²) in [6, 6.07) is 0. The topological polar surface area (TPSA) is 55.1 Å². The molecule has 0 spiro atoms. The highest BCUT2D eigenvalue weighted by molar-refractivity contribution is 8.00. The van der Waals surface area contributed by atoms with Crippen LogP contribution in [-0.4, -0.2) is 30.0 Å². The summed E-state index contributed by atoms with van der Waals surface area (Å²) < 4.78 is 0.382. The molecule has 0 atom stereocenters. The molecule has 1 saturated carbocycles. The summed E-state index contributed by atoms with van der Waals surface area (Å²) in [5, 5.41) is 3.02. The number of nitrogens with one attached hydrogen (secondary N) is 1. The molecule has 0 aliphatic heterocycles. The van der Waals surface area contributed by atoms with Crippen LogP contribution in [0.3, 0.4) is 0 Å². The monoisotopic (exact) mass is 230 g/mol. The van der Waals surface area contributed by atoms with E-state index in [1.54, 1.807) is 0 Å². The maximum absolute atomic E-state index is 11.4. The van der Waals surface area contributed by atoms with E-state index in [-0.39, 0.29) is 5.91 Å². The highest BCUT2D eigenvalue weighted by Gasteiger charge is 2.41. The van der Waals surface area contributed by atoms with Gasteiger partial charge in [-0.25, -0.2) is 0 Å². The van der Waals surface area contributed by atoms with Crippen molar-refractivity contribution >= 4 is 17.7 Å². The predicted octanol–water partition coefficient (Wildman–Crippen LogP) is 1.52. The van der Waals surface area contributed by atoms with Crippen LogP contribution >= 0.6 is 11.8 Å². The number of hydrogen-bond donors (Lipinski definition) is 2. The Labute approximate surface area is 96.6 Å². The van der Waals surface area contributed by atoms with Gasteiger partial charge in [0.15, 0.2) is 0 Å². The standard InChI is InChI=1S/C11H22N2OS/c1-15-11(6-7-11)9-13-10(14)5-3-2-4-8-12/h2-9,12H2,1H3,(H,13,14). The van der Waals surface area contributed by atoms with Crippen LogP contribution in [0.15, 0.2) is 0 Å². The number of carbonyl (C=O) groups excluding carboxylic acids is 1. The second kappa shape index (κ2) is 6.38. The molecule has 3 N–H and O–H groups in total. The Balaban J connectivity index is 1.99. The largest absolute Gasteiger partial charge is 0.355 e. The molecule has 4 heteroatoms. The van der Waals surface area contributed by atoms with E-state index in [1.807, 2.05) is 11.8 Å². The van der Waals surface area contributed by atoms with Crippen molar-refractivity contribution in [1.82, 2.24) is 5.32 Å². The van der Waals surface area contributed by atoms with Gasteiger partial charge in [0.25, 0.3) is 0 Å². The molecular weight excluding hydrogens is 208 g/mol. The summed E-state index contributed by atoms with van der Waals surface area (Å²) >= 11 is 1.88. The number of nitrogens with two attached hydrogens (primary N) is 1. The lowest BCUT2D eigenvalue weighted by atomic mass is 10.2. The number of carbonyl (C=O) groups is 1. The zero-order valence-electron chi connectivity index (χ0n) is 9.55. The van der Waals surface area contributed by atoms with Gasteiger partial charge in [0, 0.05) is 17.7 Å². The van der Waals surface area contributed by atoms with Crippen LogP contribution in [0.5, 0.6) is 0 Å². The number of thioether (sulfide) groups is 1. The first-order valence-electron chi connectivity index (χ1n) is 5.74. The van der Waals surface area contributed by atoms with Crippen molar-refractivity contribution in [1.29, 1.82) is 0 Å². The van der Waals surface area contributed by atoms with Gasteiger partial charge in [-0.2, -0.15) is 11.8 Å². The first-order valence-corrected chi connectivity index (χ1v) is 6.97. The van der Waals surface area contributed by atoms with Gasteiger partial charge in [0.2, 0.25) is 5.91 Å². The first kappa shape index (κ1) is 12.8. The van der Waals surface area contributed by atoms with Crippen LogP contribution < -0.4 is 11.1 Å². The van der Waals surface area contributed by atoms with E-state index in [0.717, 1.165) is 32.4 Å². The lowest BCUT2D eigenvalue weighted by Gasteiger charge is -2.12. The molecule has 0 heterocycles. The molecule has 15 heavy (non-hydrogen) atoms. The van der Waals surface area contributed by atoms with E-state index in [4.69, 9.17) is 5.73 Å². The van der Waals surface area contributed by atoms with Gasteiger partial charge in [-0.05, 0) is 38.5 Å². The van der Waals surface area contributed by atoms with E-state index < -0.39 is 0 Å². The Morgan fingerprint density at radius 3 is 2.67 bits per heavy atom. The minimum atomic E-state index is 0.201. The fourth-order valence-electron chi connectivity index (χ4n) is 1.55. The van der Waals surface area contributed by atoms with Gasteiger partial charge in [-0.3, -0.25) is 4.79 Å². The smallest absolute Gasteiger partial charge is 0.220 e. The molecule has 1 rings (SSSR count). The van der Waals surface area contributed by atoms with E-state index >= 15 is 0 Å². The predicted molar refractivity (Wildman–Crippen MR) is 66.0 cm³/mol. The molecule has 3 nitrogen and oxygen atoms in total. The molecule has 0 aromatic carbocycles. The molecule has 1 aliphatic rings. The van der Waals surface area contributed by atoms with E-state index in [2.05, 4.69) is 11.6 Å². The highest BCUT2D eigenvalue weighted by atomic mass is 32.2. The molecule has 0 saturated heterocycles. The Hall–Kier alpha value is -0.220. The zero-order chi connectivity index (χ0) is 11.1. The number of unbranched alkanes of at least 4 members (excludes halogenated alkanes) is 2. The molecule has 88 valence electrons. The van der Waals surface area contributed by atoms with Crippen LogP contribution in [-0.2, 0) is 4.79 Å². The molecule has 0 bridgehead atoms. The second-order valence-electron chi connectivity index (χ2n) is 4.26. The lowest BCUT2D eigenvalue weighted by molar-refractivity contribution is -0.121. The quantitative estimate of drug-likeness (QED) is 0.622. The summed E-state index contributed by atoms with van der Waals surface area (Å²) in [5.41, 5.74) is 5.38. The maximum Gasteiger partial charge on any atom is 0.220 e. The molecular formula is C11H22N2OS. The van der Waals surface area contributed by atoms with Crippen molar-refractivity contribution in [2.75, 3.05) is 19.3 Å². The number of hydrogen-bond acceptors (Lipinski definition) is 3. The maximum atomic E-state index is 11.4. The highest BCUT2D eigenvalue weighted by Crippen LogP contribution is 2.46. The fourth-order valence-corrected chi connectivity index (χ4v) is 2.27. The zero-order valence-corrected chi connectivity index (χ0v) is 10.4. The van der Waals surface area contributed by atoms with Gasteiger partial charge in [0.05, 0.1) is 0 Å². The SMILES string of the molecule is CSC1(CNC(=O)CCCCCN)CC1. The fraction of sp³-hybridized carbons (Fsp3) is 0.909. The molecule has 1 amide bonds. The Bertz CT molecular complexity index is 205. The van der Waals surface area contributed by atoms with E-state index in [9.17, 15) is 4.79 Å². The number of amides is 1. The van der Waals surface area contributed by atoms with E-state index in [0.29, 0.717) is 11.2 Å². The van der Waals surface area contributed by atoms with Gasteiger partial charge < -0.3 is 11.1 Å². The lowest BCUT2D eigenvalue weighted by Crippen LogP contribution is -2.31. The third-order valence-corrected chi connectivity index (χ3v) is 4.37. The Morgan fingerprint density at radius 1 is 1.40 bits per heavy atom. The van der Waals surface area contributed by atoms with Crippen LogP contribution in [0.2, 0.25) is 0 Å². The van der Waals surface area contributed by atoms with E-state index in [1.165, 1.54) is 12.8 Å². The minimum absolute atomic E-state index is 0.201. The molecule has 0 unspecified atom stereocenters. The first-order chi connectivity index (χ1) is 7.22. The van der Waals surface area contributed by atoms with Gasteiger partial charge in [-0.15, -0.1) is 0 Å². The van der Waals surface area contributed by atoms with Crippen molar-refractivity contribution in [3.05, 3.63) is 0 Å². The second-order valence-corrected chi connectivity index (χ2v) is 5.54. The number of rotatable bonds is 8. The van der Waals surface area contributed by atoms with Crippen LogP contribution in [0, 0.1) is 0 Å². The molecule has 1 aliphatic carbocycles. The van der Waals surface area contributed by atoms with Crippen molar-refractivity contribution in [3.8, 4) is 0 Å². The van der Waals surface area contributed by atoms with Crippen LogP contribution in [0.1, 0.15) is 38.5 Å². The van der Waals surface area contributed by atoms with Gasteiger partial charge >= 0.3 is 0 Å².